The molecule has 14 rings (SSSR count). The van der Waals surface area contributed by atoms with Gasteiger partial charge in [-0.25, -0.2) is 33.9 Å². The van der Waals surface area contributed by atoms with Gasteiger partial charge in [-0.15, -0.1) is 0 Å². The summed E-state index contributed by atoms with van der Waals surface area (Å²) >= 11 is 14.0. The molecule has 0 spiro atoms. The third-order valence-corrected chi connectivity index (χ3v) is 23.7. The van der Waals surface area contributed by atoms with E-state index in [4.69, 9.17) is 43.9 Å². The molecule has 36 heteroatoms. The van der Waals surface area contributed by atoms with Crippen LogP contribution in [0.5, 0.6) is 0 Å². The van der Waals surface area contributed by atoms with Gasteiger partial charge >= 0.3 is 28.4 Å². The van der Waals surface area contributed by atoms with Gasteiger partial charge in [-0.1, -0.05) is 108 Å². The minimum atomic E-state index is -0.466. The molecule has 7 aromatic heterocycles. The second-order valence-corrected chi connectivity index (χ2v) is 32.0. The number of Topliss-reactive ketones (excluding diaryl/α,β-unsaturated/α-hetero) is 3. The third kappa shape index (κ3) is 21.7. The number of aromatic amines is 1. The van der Waals surface area contributed by atoms with Gasteiger partial charge in [0.2, 0.25) is 5.91 Å². The van der Waals surface area contributed by atoms with Gasteiger partial charge in [-0.3, -0.25) is 75.4 Å². The van der Waals surface area contributed by atoms with E-state index in [0.29, 0.717) is 93.0 Å². The summed E-state index contributed by atoms with van der Waals surface area (Å²) < 4.78 is 27.5. The van der Waals surface area contributed by atoms with Crippen LogP contribution in [0.1, 0.15) is 93.7 Å². The number of imidazole rings is 2. The van der Waals surface area contributed by atoms with E-state index in [1.54, 1.807) is 61.0 Å². The molecule has 0 radical (unpaired) electrons. The number of H-pyrrole nitrogens is 1. The molecule has 2 aliphatic carbocycles. The molecule has 2 N–H and O–H groups in total. The number of rotatable bonds is 22. The van der Waals surface area contributed by atoms with E-state index in [0.717, 1.165) is 131 Å². The fourth-order valence-corrected chi connectivity index (χ4v) is 15.5. The Hall–Kier alpha value is -9.56. The van der Waals surface area contributed by atoms with E-state index < -0.39 is 22.5 Å². The van der Waals surface area contributed by atoms with E-state index >= 15 is 0 Å². The molecule has 0 atom stereocenters. The van der Waals surface area contributed by atoms with Crippen LogP contribution in [0.2, 0.25) is 0 Å². The van der Waals surface area contributed by atoms with Crippen molar-refractivity contribution in [2.24, 2.45) is 61.2 Å². The highest BCUT2D eigenvalue weighted by Crippen LogP contribution is 2.35. The van der Waals surface area contributed by atoms with Gasteiger partial charge in [0.05, 0.1) is 44.5 Å². The number of ether oxygens (including phenoxy) is 2. The van der Waals surface area contributed by atoms with Crippen molar-refractivity contribution in [2.75, 3.05) is 102 Å². The molecule has 2 saturated carbocycles. The second-order valence-electron chi connectivity index (χ2n) is 29.4. The Balaban J connectivity index is 0.000000155. The molecule has 32 nitrogen and oxygen atoms in total. The van der Waals surface area contributed by atoms with Gasteiger partial charge in [0.1, 0.15) is 32.7 Å². The first-order valence-corrected chi connectivity index (χ1v) is 40.9. The zero-order valence-corrected chi connectivity index (χ0v) is 70.1. The number of amides is 1. The van der Waals surface area contributed by atoms with Crippen molar-refractivity contribution in [3.8, 4) is 0 Å². The number of thioether (sulfide) groups is 2. The highest BCUT2D eigenvalue weighted by atomic mass is 32.2. The van der Waals surface area contributed by atoms with Gasteiger partial charge < -0.3 is 42.9 Å². The minimum Gasteiger partial charge on any atom is -0.379 e. The molecule has 0 unspecified atom stereocenters. The van der Waals surface area contributed by atoms with Crippen LogP contribution in [0.15, 0.2) is 109 Å². The smallest absolute Gasteiger partial charge is 0.331 e. The molecule has 0 bridgehead atoms. The van der Waals surface area contributed by atoms with Crippen molar-refractivity contribution in [3.63, 3.8) is 0 Å². The van der Waals surface area contributed by atoms with Crippen molar-refractivity contribution < 1.29 is 28.7 Å². The Labute approximate surface area is 676 Å². The van der Waals surface area contributed by atoms with Gasteiger partial charge in [-0.2, -0.15) is 0 Å². The lowest BCUT2D eigenvalue weighted by Crippen LogP contribution is -2.47. The van der Waals surface area contributed by atoms with Gasteiger partial charge in [-0.05, 0) is 97.7 Å². The van der Waals surface area contributed by atoms with Crippen LogP contribution in [-0.4, -0.2) is 200 Å². The second kappa shape index (κ2) is 39.2. The normalized spacial score (nSPS) is 15.1. The number of morpholine rings is 2. The quantitative estimate of drug-likeness (QED) is 0.0525. The van der Waals surface area contributed by atoms with Crippen LogP contribution >= 0.6 is 48.0 Å². The Morgan fingerprint density at radius 3 is 1.55 bits per heavy atom. The first-order valence-electron chi connectivity index (χ1n) is 38.1. The maximum Gasteiger partial charge on any atom is 0.331 e. The highest BCUT2D eigenvalue weighted by Gasteiger charge is 2.31. The lowest BCUT2D eigenvalue weighted by Gasteiger charge is -2.27. The predicted octanol–water partition coefficient (Wildman–Crippen LogP) is 4.74. The molecule has 612 valence electrons. The van der Waals surface area contributed by atoms with Crippen molar-refractivity contribution >= 4 is 99.4 Å². The van der Waals surface area contributed by atoms with Crippen LogP contribution in [0.4, 0.5) is 5.82 Å². The number of nitrogens with zero attached hydrogens (tertiary/aromatic N) is 16. The van der Waals surface area contributed by atoms with Crippen molar-refractivity contribution in [3.05, 3.63) is 193 Å². The monoisotopic (exact) mass is 1640 g/mol. The van der Waals surface area contributed by atoms with Crippen molar-refractivity contribution in [1.82, 2.24) is 79.9 Å². The minimum absolute atomic E-state index is 0.0111. The fraction of sp³-hybridized carbons (Fsp3) is 0.513. The Kier molecular flexibility index (Phi) is 29.8. The summed E-state index contributed by atoms with van der Waals surface area (Å²) in [6.07, 6.45) is 8.02. The topological polar surface area (TPSA) is 341 Å². The first-order chi connectivity index (χ1) is 54.3. The number of hydrogen-bond donors (Lipinski definition) is 2. The number of anilines is 1. The molecule has 5 fully saturated rings. The number of nitrogens with one attached hydrogen (secondary N) is 2. The number of fused-ring (bicyclic) bond motifs is 2. The number of benzene rings is 2. The number of hydrogen-bond acceptors (Lipinski definition) is 23. The van der Waals surface area contributed by atoms with E-state index in [-0.39, 0.29) is 70.6 Å². The summed E-state index contributed by atoms with van der Waals surface area (Å²) in [6, 6.07) is 17.6. The molecule has 114 heavy (non-hydrogen) atoms. The SMILES string of the molecule is Cc1cc(=O)n(CC(=O)C2CC2)c(=O)n1C.Cc1cc(=O)n(CC(=O)N2CCOCC2)c(=O)n1C.Cc1ccc(C(=O)CSc2nc3c(c(=S)n(C)c(=O)n3C)n2CC2CC2)c(C)c1.Cc1ccc(C(=O)CSc2nc3c(c(=S)n(C)c(=O)n3C)n2CCN2CCOCC2)cc1.Cn1c(=O)cc(NCCN2CCCCC2)[nH]c1=O. The molecule has 1 amide bonds. The maximum absolute atomic E-state index is 12.8. The Bertz CT molecular complexity index is 5680. The lowest BCUT2D eigenvalue weighted by atomic mass is 10.0. The van der Waals surface area contributed by atoms with E-state index in [9.17, 15) is 57.5 Å². The predicted molar refractivity (Wildman–Crippen MR) is 444 cm³/mol. The molecule has 5 aliphatic rings. The van der Waals surface area contributed by atoms with Crippen LogP contribution in [0.25, 0.3) is 22.3 Å². The van der Waals surface area contributed by atoms with Crippen LogP contribution in [0, 0.1) is 55.7 Å². The number of likely N-dealkylation sites (tertiary alicyclic amines) is 1. The highest BCUT2D eigenvalue weighted by molar-refractivity contribution is 8.00. The van der Waals surface area contributed by atoms with Crippen LogP contribution < -0.4 is 50.4 Å². The third-order valence-electron chi connectivity index (χ3n) is 20.9. The van der Waals surface area contributed by atoms with Gasteiger partial charge in [0, 0.05) is 155 Å². The van der Waals surface area contributed by atoms with E-state index in [1.807, 2.05) is 63.2 Å². The summed E-state index contributed by atoms with van der Waals surface area (Å²) in [6.45, 7) is 20.5. The van der Waals surface area contributed by atoms with Crippen LogP contribution in [0.3, 0.4) is 0 Å². The first kappa shape index (κ1) is 86.8. The molecule has 3 aliphatic heterocycles. The van der Waals surface area contributed by atoms with Crippen molar-refractivity contribution in [1.29, 1.82) is 0 Å². The standard InChI is InChI=1S/C22H27N5O3S2.C21H24N4O2S2.C12H20N4O2.C12H17N3O4.C11H14N2O3/c1-15-4-6-16(7-5-15)17(28)14-32-21-23-19-18(20(31)25(3)22(29)24(19)2)27(21)9-8-26-10-12-30-13-11-26;1-12-5-8-15(13(2)9-12)16(26)11-29-20-22-18-17(25(20)10-14-6-7-14)19(28)24(4)21(27)23(18)3;1-15-11(17)9-10(14-12(15)18)13-5-8-16-6-3-2-4-7-16;1-9-7-10(16)15(12(18)13(9)2)8-11(17)14-3-5-19-6-4-14;1-7-5-10(15)13(11(16)12(7)2)6-9(14)8-3-4-8/h4-7H,8-14H2,1-3H3;5,8-9,14H,6-7,10-11H2,1-4H3;9,13H,2-8H2,1H3,(H,14,18);7H,3-6,8H2,1-2H3;5,8H,3-4,6H2,1-2H3. The molecule has 3 saturated heterocycles. The summed E-state index contributed by atoms with van der Waals surface area (Å²) in [4.78, 5) is 162. The fourth-order valence-electron chi connectivity index (χ4n) is 13.1. The maximum atomic E-state index is 12.8. The number of piperidine rings is 1. The van der Waals surface area contributed by atoms with Gasteiger partial charge in [0.25, 0.3) is 16.7 Å². The van der Waals surface area contributed by atoms with Crippen LogP contribution in [-0.2, 0) is 94.6 Å². The zero-order chi connectivity index (χ0) is 82.5. The van der Waals surface area contributed by atoms with E-state index in [1.165, 1.54) is 108 Å². The van der Waals surface area contributed by atoms with E-state index in [2.05, 4.69) is 29.2 Å². The summed E-state index contributed by atoms with van der Waals surface area (Å²) in [5.41, 5.74) is 5.73. The average molecular weight is 1640 g/mol. The average Bonchev–Trinajstić information content (AvgIpc) is 1.60. The Morgan fingerprint density at radius 2 is 1.02 bits per heavy atom. The lowest BCUT2D eigenvalue weighted by molar-refractivity contribution is -0.136. The number of aromatic nitrogens is 14. The molecule has 2 aromatic carbocycles. The summed E-state index contributed by atoms with van der Waals surface area (Å²) in [5, 5.41) is 4.53. The molecular weight excluding hydrogens is 1540 g/mol. The Morgan fingerprint density at radius 1 is 0.509 bits per heavy atom. The van der Waals surface area contributed by atoms with Gasteiger partial charge in [0.15, 0.2) is 39.0 Å². The van der Waals surface area contributed by atoms with Crippen molar-refractivity contribution in [2.45, 2.75) is 116 Å². The summed E-state index contributed by atoms with van der Waals surface area (Å²) in [7, 11) is 11.4. The largest absolute Gasteiger partial charge is 0.379 e. The zero-order valence-electron chi connectivity index (χ0n) is 66.8. The molecular formula is C78H102N18O14S4. The number of aryl methyl sites for hydroxylation is 7. The number of ketones is 3. The number of carbonyl (C=O) groups excluding carboxylic acids is 4. The summed E-state index contributed by atoms with van der Waals surface area (Å²) in [5.74, 6) is 1.61. The molecule has 10 heterocycles. The number of carbonyl (C=O) groups is 4. The molecule has 9 aromatic rings.